The maximum Gasteiger partial charge on any atom is 0.131 e. The first-order valence-electron chi connectivity index (χ1n) is 6.74. The molecule has 0 radical (unpaired) electrons. The maximum absolute atomic E-state index is 13.9. The first kappa shape index (κ1) is 13.0. The van der Waals surface area contributed by atoms with Gasteiger partial charge in [-0.2, -0.15) is 0 Å². The lowest BCUT2D eigenvalue weighted by atomic mass is 9.98. The molecule has 2 aromatic rings. The fourth-order valence-corrected chi connectivity index (χ4v) is 2.63. The molecule has 4 nitrogen and oxygen atoms in total. The quantitative estimate of drug-likeness (QED) is 0.933. The van der Waals surface area contributed by atoms with Crippen molar-refractivity contribution in [2.45, 2.75) is 25.8 Å². The highest BCUT2D eigenvalue weighted by Crippen LogP contribution is 2.31. The summed E-state index contributed by atoms with van der Waals surface area (Å²) in [7, 11) is 0. The zero-order valence-electron chi connectivity index (χ0n) is 11.1. The van der Waals surface area contributed by atoms with E-state index in [0.717, 1.165) is 29.9 Å². The van der Waals surface area contributed by atoms with E-state index in [4.69, 9.17) is 5.11 Å². The molecule has 0 aliphatic carbocycles. The number of halogens is 1. The Labute approximate surface area is 116 Å². The van der Waals surface area contributed by atoms with Gasteiger partial charge in [0.15, 0.2) is 0 Å². The highest BCUT2D eigenvalue weighted by molar-refractivity contribution is 5.67. The molecule has 2 heterocycles. The van der Waals surface area contributed by atoms with Gasteiger partial charge >= 0.3 is 0 Å². The molecule has 1 aromatic carbocycles. The summed E-state index contributed by atoms with van der Waals surface area (Å²) in [6.07, 6.45) is 2.07. The molecule has 0 amide bonds. The van der Waals surface area contributed by atoms with Crippen molar-refractivity contribution >= 4 is 5.57 Å². The Bertz CT molecular complexity index is 634. The number of hydrogen-bond acceptors (Lipinski definition) is 3. The third-order valence-corrected chi connectivity index (χ3v) is 3.57. The number of aliphatic hydroxyl groups is 1. The van der Waals surface area contributed by atoms with Gasteiger partial charge in [0.25, 0.3) is 0 Å². The van der Waals surface area contributed by atoms with Crippen LogP contribution >= 0.6 is 0 Å². The van der Waals surface area contributed by atoms with Crippen LogP contribution in [-0.2, 0) is 13.0 Å². The number of hydrogen-bond donors (Lipinski definition) is 1. The molecule has 1 aliphatic heterocycles. The highest BCUT2D eigenvalue weighted by Gasteiger charge is 2.23. The number of aromatic nitrogens is 3. The normalized spacial score (nSPS) is 16.9. The third kappa shape index (κ3) is 2.36. The van der Waals surface area contributed by atoms with Crippen LogP contribution in [0.2, 0.25) is 0 Å². The Kier molecular flexibility index (Phi) is 3.60. The number of nitrogens with zero attached hydrogens (tertiary/aromatic N) is 3. The Morgan fingerprint density at radius 2 is 2.10 bits per heavy atom. The first-order valence-corrected chi connectivity index (χ1v) is 6.74. The summed E-state index contributed by atoms with van der Waals surface area (Å²) >= 11 is 0. The van der Waals surface area contributed by atoms with E-state index in [-0.39, 0.29) is 0 Å². The second-order valence-corrected chi connectivity index (χ2v) is 4.92. The number of rotatable bonds is 3. The van der Waals surface area contributed by atoms with Crippen LogP contribution in [0.25, 0.3) is 5.57 Å². The Morgan fingerprint density at radius 3 is 2.85 bits per heavy atom. The van der Waals surface area contributed by atoms with Crippen molar-refractivity contribution in [1.29, 1.82) is 0 Å². The third-order valence-electron chi connectivity index (χ3n) is 3.57. The standard InChI is InChI=1S/C15H16FN3O/c16-13(10-20)12-7-4-8-19-15(12)14(17-18-19)9-11-5-2-1-3-6-11/h1-3,5-6,20H,4,7-10H2/b13-12+. The molecule has 1 aliphatic rings. The fourth-order valence-electron chi connectivity index (χ4n) is 2.63. The van der Waals surface area contributed by atoms with Gasteiger partial charge in [0.2, 0.25) is 0 Å². The van der Waals surface area contributed by atoms with Crippen molar-refractivity contribution in [3.05, 3.63) is 53.1 Å². The van der Waals surface area contributed by atoms with Crippen LogP contribution in [0.3, 0.4) is 0 Å². The van der Waals surface area contributed by atoms with Crippen molar-refractivity contribution in [3.8, 4) is 0 Å². The molecule has 0 saturated carbocycles. The smallest absolute Gasteiger partial charge is 0.131 e. The summed E-state index contributed by atoms with van der Waals surface area (Å²) in [6.45, 7) is 0.185. The lowest BCUT2D eigenvalue weighted by molar-refractivity contribution is 0.298. The van der Waals surface area contributed by atoms with Gasteiger partial charge in [0.05, 0.1) is 18.0 Å². The van der Waals surface area contributed by atoms with Crippen LogP contribution in [0.15, 0.2) is 36.2 Å². The first-order chi connectivity index (χ1) is 9.79. The minimum Gasteiger partial charge on any atom is -0.389 e. The van der Waals surface area contributed by atoms with E-state index in [2.05, 4.69) is 10.3 Å². The molecule has 0 bridgehead atoms. The van der Waals surface area contributed by atoms with E-state index in [1.54, 1.807) is 4.68 Å². The van der Waals surface area contributed by atoms with Crippen molar-refractivity contribution < 1.29 is 9.50 Å². The van der Waals surface area contributed by atoms with Crippen LogP contribution in [0.5, 0.6) is 0 Å². The number of aliphatic hydroxyl groups excluding tert-OH is 1. The minimum absolute atomic E-state index is 0.470. The Hall–Kier alpha value is -2.01. The number of aryl methyl sites for hydroxylation is 1. The lowest BCUT2D eigenvalue weighted by Gasteiger charge is -2.17. The predicted molar refractivity (Wildman–Crippen MR) is 73.6 cm³/mol. The van der Waals surface area contributed by atoms with E-state index in [0.29, 0.717) is 18.4 Å². The van der Waals surface area contributed by atoms with Gasteiger partial charge in [-0.05, 0) is 18.4 Å². The van der Waals surface area contributed by atoms with Crippen molar-refractivity contribution in [1.82, 2.24) is 15.0 Å². The summed E-state index contributed by atoms with van der Waals surface area (Å²) in [5, 5.41) is 17.3. The predicted octanol–water partition coefficient (Wildman–Crippen LogP) is 2.34. The van der Waals surface area contributed by atoms with E-state index in [1.165, 1.54) is 0 Å². The summed E-state index contributed by atoms with van der Waals surface area (Å²) in [4.78, 5) is 0. The number of fused-ring (bicyclic) bond motifs is 1. The van der Waals surface area contributed by atoms with E-state index >= 15 is 0 Å². The maximum atomic E-state index is 13.9. The average molecular weight is 273 g/mol. The Morgan fingerprint density at radius 1 is 1.30 bits per heavy atom. The zero-order chi connectivity index (χ0) is 13.9. The molecule has 104 valence electrons. The molecular formula is C15H16FN3O. The summed E-state index contributed by atoms with van der Waals surface area (Å²) in [6, 6.07) is 9.93. The largest absolute Gasteiger partial charge is 0.389 e. The van der Waals surface area contributed by atoms with Gasteiger partial charge in [-0.3, -0.25) is 0 Å². The zero-order valence-corrected chi connectivity index (χ0v) is 11.1. The second-order valence-electron chi connectivity index (χ2n) is 4.92. The number of benzene rings is 1. The average Bonchev–Trinajstić information content (AvgIpc) is 2.91. The molecule has 20 heavy (non-hydrogen) atoms. The van der Waals surface area contributed by atoms with Crippen molar-refractivity contribution in [2.24, 2.45) is 0 Å². The molecule has 1 N–H and O–H groups in total. The van der Waals surface area contributed by atoms with Crippen LogP contribution in [0.1, 0.15) is 29.8 Å². The van der Waals surface area contributed by atoms with Crippen molar-refractivity contribution in [2.75, 3.05) is 6.61 Å². The SMILES string of the molecule is OC/C(F)=C1/CCCn2nnc(Cc3ccccc3)c21. The molecule has 3 rings (SSSR count). The lowest BCUT2D eigenvalue weighted by Crippen LogP contribution is -2.13. The van der Waals surface area contributed by atoms with E-state index in [9.17, 15) is 4.39 Å². The summed E-state index contributed by atoms with van der Waals surface area (Å²) < 4.78 is 15.6. The molecule has 0 saturated heterocycles. The molecule has 0 atom stereocenters. The molecule has 0 spiro atoms. The van der Waals surface area contributed by atoms with Crippen LogP contribution < -0.4 is 0 Å². The Balaban J connectivity index is 2.01. The topological polar surface area (TPSA) is 50.9 Å². The van der Waals surface area contributed by atoms with E-state index in [1.807, 2.05) is 30.3 Å². The molecule has 1 aromatic heterocycles. The van der Waals surface area contributed by atoms with Gasteiger partial charge < -0.3 is 5.11 Å². The van der Waals surface area contributed by atoms with Gasteiger partial charge in [0, 0.05) is 18.5 Å². The van der Waals surface area contributed by atoms with Gasteiger partial charge in [0.1, 0.15) is 5.83 Å². The monoisotopic (exact) mass is 273 g/mol. The summed E-state index contributed by atoms with van der Waals surface area (Å²) in [5.41, 5.74) is 3.18. The van der Waals surface area contributed by atoms with Crippen molar-refractivity contribution in [3.63, 3.8) is 0 Å². The van der Waals surface area contributed by atoms with Crippen LogP contribution in [0.4, 0.5) is 4.39 Å². The molecular weight excluding hydrogens is 257 g/mol. The van der Waals surface area contributed by atoms with Crippen LogP contribution in [-0.4, -0.2) is 26.7 Å². The molecule has 0 unspecified atom stereocenters. The van der Waals surface area contributed by atoms with Gasteiger partial charge in [-0.15, -0.1) is 5.10 Å². The minimum atomic E-state index is -0.564. The molecule has 0 fully saturated rings. The van der Waals surface area contributed by atoms with Crippen LogP contribution in [0, 0.1) is 0 Å². The molecule has 5 heteroatoms. The van der Waals surface area contributed by atoms with E-state index < -0.39 is 12.4 Å². The fraction of sp³-hybridized carbons (Fsp3) is 0.333. The van der Waals surface area contributed by atoms with Gasteiger partial charge in [-0.25, -0.2) is 9.07 Å². The number of allylic oxidation sites excluding steroid dienone is 1. The highest BCUT2D eigenvalue weighted by atomic mass is 19.1. The summed E-state index contributed by atoms with van der Waals surface area (Å²) in [5.74, 6) is -0.470. The second kappa shape index (κ2) is 5.54. The van der Waals surface area contributed by atoms with Gasteiger partial charge in [-0.1, -0.05) is 35.5 Å².